The Morgan fingerprint density at radius 1 is 1.00 bits per heavy atom. The lowest BCUT2D eigenvalue weighted by atomic mass is 9.91. The van der Waals surface area contributed by atoms with Crippen LogP contribution in [-0.2, 0) is 22.9 Å². The number of H-pyrrole nitrogens is 1. The summed E-state index contributed by atoms with van der Waals surface area (Å²) in [5.74, 6) is -0.609. The molecule has 4 rings (SSSR count). The highest BCUT2D eigenvalue weighted by atomic mass is 32.2. The number of fused-ring (bicyclic) bond motifs is 2. The summed E-state index contributed by atoms with van der Waals surface area (Å²) in [6.45, 7) is 0. The van der Waals surface area contributed by atoms with Crippen molar-refractivity contribution in [3.63, 3.8) is 0 Å². The molecule has 0 radical (unpaired) electrons. The lowest BCUT2D eigenvalue weighted by molar-refractivity contribution is 0.554. The minimum absolute atomic E-state index is 0.0514. The quantitative estimate of drug-likeness (QED) is 0.764. The topological polar surface area (TPSA) is 92.2 Å². The average molecular weight is 344 g/mol. The van der Waals surface area contributed by atoms with Crippen LogP contribution in [0, 0.1) is 0 Å². The second-order valence-electron chi connectivity index (χ2n) is 5.97. The van der Waals surface area contributed by atoms with Crippen molar-refractivity contribution in [2.24, 2.45) is 0 Å². The van der Waals surface area contributed by atoms with Gasteiger partial charge in [-0.05, 0) is 61.1 Å². The van der Waals surface area contributed by atoms with Gasteiger partial charge in [-0.15, -0.1) is 0 Å². The van der Waals surface area contributed by atoms with E-state index in [0.29, 0.717) is 11.2 Å². The van der Waals surface area contributed by atoms with Crippen molar-refractivity contribution in [1.82, 2.24) is 4.98 Å². The van der Waals surface area contributed by atoms with Crippen molar-refractivity contribution < 1.29 is 12.8 Å². The molecule has 1 aromatic heterocycles. The number of hydrogen-bond acceptors (Lipinski definition) is 4. The molecule has 0 spiro atoms. The molecular weight excluding hydrogens is 328 g/mol. The van der Waals surface area contributed by atoms with Gasteiger partial charge < -0.3 is 4.42 Å². The van der Waals surface area contributed by atoms with Gasteiger partial charge in [0.05, 0.1) is 10.4 Å². The first-order chi connectivity index (χ1) is 11.5. The van der Waals surface area contributed by atoms with Crippen molar-refractivity contribution in [3.8, 4) is 0 Å². The monoisotopic (exact) mass is 344 g/mol. The maximum atomic E-state index is 12.6. The molecule has 24 heavy (non-hydrogen) atoms. The SMILES string of the molecule is O=c1[nH]c2ccc(S(=O)(=O)Nc3ccc4c(c3)CCCC4)cc2o1. The van der Waals surface area contributed by atoms with Crippen molar-refractivity contribution in [3.05, 3.63) is 58.1 Å². The third-order valence-corrected chi connectivity index (χ3v) is 5.68. The normalized spacial score (nSPS) is 14.5. The summed E-state index contributed by atoms with van der Waals surface area (Å²) >= 11 is 0. The maximum Gasteiger partial charge on any atom is 0.417 e. The van der Waals surface area contributed by atoms with Gasteiger partial charge in [0.15, 0.2) is 5.58 Å². The molecule has 0 saturated carbocycles. The first kappa shape index (κ1) is 15.0. The van der Waals surface area contributed by atoms with Crippen LogP contribution in [0.4, 0.5) is 5.69 Å². The molecule has 0 saturated heterocycles. The van der Waals surface area contributed by atoms with Crippen LogP contribution < -0.4 is 10.5 Å². The number of aryl methyl sites for hydroxylation is 2. The Morgan fingerprint density at radius 2 is 1.79 bits per heavy atom. The number of sulfonamides is 1. The zero-order valence-electron chi connectivity index (χ0n) is 12.8. The third-order valence-electron chi connectivity index (χ3n) is 4.30. The molecule has 2 N–H and O–H groups in total. The van der Waals surface area contributed by atoms with Crippen LogP contribution in [0.1, 0.15) is 24.0 Å². The largest absolute Gasteiger partial charge is 0.417 e. The summed E-state index contributed by atoms with van der Waals surface area (Å²) in [6, 6.07) is 9.97. The Hall–Kier alpha value is -2.54. The molecule has 0 unspecified atom stereocenters. The number of aromatic nitrogens is 1. The molecule has 124 valence electrons. The molecule has 1 aliphatic rings. The molecule has 0 aliphatic heterocycles. The summed E-state index contributed by atoms with van der Waals surface area (Å²) in [4.78, 5) is 13.7. The van der Waals surface area contributed by atoms with Crippen LogP contribution in [0.5, 0.6) is 0 Å². The number of benzene rings is 2. The number of rotatable bonds is 3. The first-order valence-electron chi connectivity index (χ1n) is 7.79. The molecule has 0 amide bonds. The van der Waals surface area contributed by atoms with Gasteiger partial charge in [0.1, 0.15) is 0 Å². The van der Waals surface area contributed by atoms with Crippen LogP contribution in [0.15, 0.2) is 50.5 Å². The second-order valence-corrected chi connectivity index (χ2v) is 7.65. The van der Waals surface area contributed by atoms with E-state index in [1.807, 2.05) is 12.1 Å². The summed E-state index contributed by atoms with van der Waals surface area (Å²) in [7, 11) is -3.75. The predicted octanol–water partition coefficient (Wildman–Crippen LogP) is 2.80. The maximum absolute atomic E-state index is 12.6. The predicted molar refractivity (Wildman–Crippen MR) is 90.7 cm³/mol. The lowest BCUT2D eigenvalue weighted by Gasteiger charge is -2.17. The summed E-state index contributed by atoms with van der Waals surface area (Å²) in [5, 5.41) is 0. The first-order valence-corrected chi connectivity index (χ1v) is 9.27. The molecule has 6 nitrogen and oxygen atoms in total. The Morgan fingerprint density at radius 3 is 2.62 bits per heavy atom. The summed E-state index contributed by atoms with van der Waals surface area (Å²) in [5.41, 5.74) is 3.72. The van der Waals surface area contributed by atoms with Crippen molar-refractivity contribution in [1.29, 1.82) is 0 Å². The van der Waals surface area contributed by atoms with Crippen molar-refractivity contribution >= 4 is 26.8 Å². The van der Waals surface area contributed by atoms with E-state index in [2.05, 4.69) is 9.71 Å². The highest BCUT2D eigenvalue weighted by Gasteiger charge is 2.17. The van der Waals surface area contributed by atoms with Crippen LogP contribution in [0.3, 0.4) is 0 Å². The fourth-order valence-corrected chi connectivity index (χ4v) is 4.17. The van der Waals surface area contributed by atoms with Crippen LogP contribution in [0.25, 0.3) is 11.1 Å². The smallest absolute Gasteiger partial charge is 0.408 e. The molecular formula is C17H16N2O4S. The number of anilines is 1. The van der Waals surface area contributed by atoms with Gasteiger partial charge in [-0.3, -0.25) is 9.71 Å². The number of hydrogen-bond donors (Lipinski definition) is 2. The fraction of sp³-hybridized carbons (Fsp3) is 0.235. The molecule has 3 aromatic rings. The Labute approximate surface area is 138 Å². The van der Waals surface area contributed by atoms with Crippen molar-refractivity contribution in [2.75, 3.05) is 4.72 Å². The van der Waals surface area contributed by atoms with Gasteiger partial charge >= 0.3 is 5.76 Å². The van der Waals surface area contributed by atoms with Crippen LogP contribution in [-0.4, -0.2) is 13.4 Å². The summed E-state index contributed by atoms with van der Waals surface area (Å²) in [6.07, 6.45) is 4.34. The zero-order chi connectivity index (χ0) is 16.7. The molecule has 2 aromatic carbocycles. The number of nitrogens with one attached hydrogen (secondary N) is 2. The second kappa shape index (κ2) is 5.52. The van der Waals surface area contributed by atoms with Crippen LogP contribution >= 0.6 is 0 Å². The van der Waals surface area contributed by atoms with E-state index in [-0.39, 0.29) is 10.5 Å². The Bertz CT molecular complexity index is 1080. The van der Waals surface area contributed by atoms with E-state index in [9.17, 15) is 13.2 Å². The Kier molecular flexibility index (Phi) is 3.45. The van der Waals surface area contributed by atoms with Gasteiger partial charge in [-0.2, -0.15) is 0 Å². The van der Waals surface area contributed by atoms with E-state index in [4.69, 9.17) is 4.42 Å². The molecule has 0 bridgehead atoms. The van der Waals surface area contributed by atoms with E-state index in [0.717, 1.165) is 19.3 Å². The van der Waals surface area contributed by atoms with Gasteiger partial charge in [-0.25, -0.2) is 13.2 Å². The van der Waals surface area contributed by atoms with Gasteiger partial charge in [0, 0.05) is 11.8 Å². The molecule has 7 heteroatoms. The highest BCUT2D eigenvalue weighted by Crippen LogP contribution is 2.26. The lowest BCUT2D eigenvalue weighted by Crippen LogP contribution is -2.13. The summed E-state index contributed by atoms with van der Waals surface area (Å²) < 4.78 is 32.7. The van der Waals surface area contributed by atoms with Gasteiger partial charge in [-0.1, -0.05) is 6.07 Å². The Balaban J connectivity index is 1.67. The van der Waals surface area contributed by atoms with E-state index < -0.39 is 15.8 Å². The minimum atomic E-state index is -3.75. The van der Waals surface area contributed by atoms with E-state index >= 15 is 0 Å². The van der Waals surface area contributed by atoms with Gasteiger partial charge in [0.2, 0.25) is 0 Å². The molecule has 0 fully saturated rings. The average Bonchev–Trinajstić information content (AvgIpc) is 2.93. The highest BCUT2D eigenvalue weighted by molar-refractivity contribution is 7.92. The van der Waals surface area contributed by atoms with Crippen molar-refractivity contribution in [2.45, 2.75) is 30.6 Å². The van der Waals surface area contributed by atoms with Gasteiger partial charge in [0.25, 0.3) is 10.0 Å². The van der Waals surface area contributed by atoms with E-state index in [1.165, 1.54) is 35.7 Å². The zero-order valence-corrected chi connectivity index (χ0v) is 13.7. The third kappa shape index (κ3) is 2.71. The van der Waals surface area contributed by atoms with E-state index in [1.54, 1.807) is 6.07 Å². The number of oxazole rings is 1. The fourth-order valence-electron chi connectivity index (χ4n) is 3.10. The standard InChI is InChI=1S/C17H16N2O4S/c20-17-18-15-8-7-14(10-16(15)23-17)24(21,22)19-13-6-5-11-3-1-2-4-12(11)9-13/h5-10,19H,1-4H2,(H,18,20). The molecule has 1 aliphatic carbocycles. The molecule has 1 heterocycles. The number of aromatic amines is 1. The van der Waals surface area contributed by atoms with Crippen LogP contribution in [0.2, 0.25) is 0 Å². The minimum Gasteiger partial charge on any atom is -0.408 e. The molecule has 0 atom stereocenters.